The Balaban J connectivity index is 1.38. The van der Waals surface area contributed by atoms with Crippen LogP contribution < -0.4 is 10.1 Å². The Hall–Kier alpha value is -3.80. The molecule has 2 aromatic carbocycles. The van der Waals surface area contributed by atoms with Gasteiger partial charge in [0.05, 0.1) is 36.8 Å². The molecule has 0 bridgehead atoms. The van der Waals surface area contributed by atoms with E-state index in [1.54, 1.807) is 18.3 Å². The monoisotopic (exact) mass is 499 g/mol. The molecule has 4 rings (SSSR count). The zero-order valence-corrected chi connectivity index (χ0v) is 21.4. The molecule has 0 atom stereocenters. The molecule has 1 aromatic heterocycles. The van der Waals surface area contributed by atoms with Crippen LogP contribution in [0.5, 0.6) is 5.75 Å². The molecular weight excluding hydrogens is 466 g/mol. The Kier molecular flexibility index (Phi) is 9.19. The van der Waals surface area contributed by atoms with E-state index in [4.69, 9.17) is 14.5 Å². The lowest BCUT2D eigenvalue weighted by Crippen LogP contribution is -2.37. The highest BCUT2D eigenvalue weighted by Gasteiger charge is 2.13. The van der Waals surface area contributed by atoms with Gasteiger partial charge in [-0.1, -0.05) is 32.0 Å². The quantitative estimate of drug-likeness (QED) is 0.415. The summed E-state index contributed by atoms with van der Waals surface area (Å²) in [4.78, 5) is 23.6. The van der Waals surface area contributed by atoms with E-state index in [0.717, 1.165) is 61.8 Å². The molecule has 192 valence electrons. The van der Waals surface area contributed by atoms with Crippen LogP contribution in [0.3, 0.4) is 0 Å². The lowest BCUT2D eigenvalue weighted by atomic mass is 10.1. The predicted molar refractivity (Wildman–Crippen MR) is 142 cm³/mol. The van der Waals surface area contributed by atoms with Crippen LogP contribution in [0.2, 0.25) is 0 Å². The number of nitrogens with one attached hydrogen (secondary N) is 1. The highest BCUT2D eigenvalue weighted by atomic mass is 16.5. The highest BCUT2D eigenvalue weighted by Crippen LogP contribution is 2.25. The summed E-state index contributed by atoms with van der Waals surface area (Å²) in [5.74, 6) is 1.22. The van der Waals surface area contributed by atoms with Crippen molar-refractivity contribution in [1.82, 2.24) is 14.9 Å². The molecule has 8 heteroatoms. The smallest absolute Gasteiger partial charge is 0.226 e. The Morgan fingerprint density at radius 1 is 1.19 bits per heavy atom. The maximum atomic E-state index is 12.1. The number of nitrogens with zero attached hydrogens (tertiary/aromatic N) is 4. The first-order valence-electron chi connectivity index (χ1n) is 12.7. The van der Waals surface area contributed by atoms with Crippen LogP contribution in [0.15, 0.2) is 54.7 Å². The van der Waals surface area contributed by atoms with Gasteiger partial charge in [0, 0.05) is 43.7 Å². The van der Waals surface area contributed by atoms with Crippen LogP contribution in [0, 0.1) is 17.2 Å². The minimum atomic E-state index is -0.172. The Labute approximate surface area is 218 Å². The Morgan fingerprint density at radius 2 is 2.03 bits per heavy atom. The van der Waals surface area contributed by atoms with E-state index in [2.05, 4.69) is 21.3 Å². The summed E-state index contributed by atoms with van der Waals surface area (Å²) in [6, 6.07) is 17.4. The first-order valence-corrected chi connectivity index (χ1v) is 12.7. The van der Waals surface area contributed by atoms with Gasteiger partial charge >= 0.3 is 0 Å². The highest BCUT2D eigenvalue weighted by molar-refractivity contribution is 5.93. The molecule has 1 saturated heterocycles. The average molecular weight is 500 g/mol. The summed E-state index contributed by atoms with van der Waals surface area (Å²) in [7, 11) is 0. The van der Waals surface area contributed by atoms with E-state index in [0.29, 0.717) is 30.1 Å². The number of carbonyl (C=O) groups excluding carboxylic acids is 1. The fraction of sp³-hybridized carbons (Fsp3) is 0.379. The number of rotatable bonds is 10. The normalized spacial score (nSPS) is 13.8. The number of ether oxygens (including phenoxy) is 2. The second kappa shape index (κ2) is 12.9. The number of hydrogen-bond acceptors (Lipinski definition) is 7. The zero-order valence-electron chi connectivity index (χ0n) is 21.4. The van der Waals surface area contributed by atoms with E-state index < -0.39 is 0 Å². The van der Waals surface area contributed by atoms with Gasteiger partial charge in [0.2, 0.25) is 5.91 Å². The molecule has 8 nitrogen and oxygen atoms in total. The molecule has 0 aliphatic carbocycles. The molecule has 1 amide bonds. The minimum absolute atomic E-state index is 0.128. The first kappa shape index (κ1) is 26.3. The summed E-state index contributed by atoms with van der Waals surface area (Å²) in [5, 5.41) is 12.4. The molecule has 3 aromatic rings. The minimum Gasteiger partial charge on any atom is -0.494 e. The number of anilines is 1. The number of morpholine rings is 1. The third kappa shape index (κ3) is 7.59. The summed E-state index contributed by atoms with van der Waals surface area (Å²) in [6.45, 7) is 8.92. The Bertz CT molecular complexity index is 1250. The summed E-state index contributed by atoms with van der Waals surface area (Å²) >= 11 is 0. The summed E-state index contributed by atoms with van der Waals surface area (Å²) < 4.78 is 11.4. The van der Waals surface area contributed by atoms with Gasteiger partial charge in [-0.3, -0.25) is 9.69 Å². The van der Waals surface area contributed by atoms with Crippen molar-refractivity contribution in [2.75, 3.05) is 44.8 Å². The number of carbonyl (C=O) groups is 1. The second-order valence-electron chi connectivity index (χ2n) is 9.35. The van der Waals surface area contributed by atoms with E-state index in [9.17, 15) is 10.1 Å². The van der Waals surface area contributed by atoms with E-state index in [-0.39, 0.29) is 11.8 Å². The lowest BCUT2D eigenvalue weighted by molar-refractivity contribution is -0.118. The maximum Gasteiger partial charge on any atom is 0.226 e. The summed E-state index contributed by atoms with van der Waals surface area (Å²) in [6.07, 6.45) is 3.26. The van der Waals surface area contributed by atoms with E-state index in [1.165, 1.54) is 0 Å². The van der Waals surface area contributed by atoms with Gasteiger partial charge in [-0.05, 0) is 42.3 Å². The largest absolute Gasteiger partial charge is 0.494 e. The van der Waals surface area contributed by atoms with Crippen molar-refractivity contribution >= 4 is 11.6 Å². The molecule has 37 heavy (non-hydrogen) atoms. The molecule has 0 unspecified atom stereocenters. The van der Waals surface area contributed by atoms with E-state index in [1.807, 2.05) is 50.2 Å². The van der Waals surface area contributed by atoms with Crippen LogP contribution >= 0.6 is 0 Å². The van der Waals surface area contributed by atoms with Gasteiger partial charge in [-0.2, -0.15) is 5.26 Å². The first-order chi connectivity index (χ1) is 18.0. The molecule has 1 fully saturated rings. The number of benzene rings is 2. The van der Waals surface area contributed by atoms with Crippen LogP contribution in [0.25, 0.3) is 11.3 Å². The predicted octanol–water partition coefficient (Wildman–Crippen LogP) is 4.30. The standard InChI is InChI=1S/C29H33N5O3/c1-21(2)29(35)33-26-8-7-23(19-24(26)20-30)27-9-10-31-28(32-27)18-22-5-3-6-25(17-22)37-14-4-11-34-12-15-36-16-13-34/h3,5-10,17,19,21H,4,11-16,18H2,1-2H3,(H,33,35). The van der Waals surface area contributed by atoms with Crippen molar-refractivity contribution in [3.8, 4) is 23.1 Å². The molecule has 0 spiro atoms. The number of nitriles is 1. The number of hydrogen-bond donors (Lipinski definition) is 1. The van der Waals surface area contributed by atoms with Gasteiger partial charge < -0.3 is 14.8 Å². The van der Waals surface area contributed by atoms with Crippen molar-refractivity contribution in [2.45, 2.75) is 26.7 Å². The molecular formula is C29H33N5O3. The van der Waals surface area contributed by atoms with Crippen molar-refractivity contribution in [1.29, 1.82) is 5.26 Å². The van der Waals surface area contributed by atoms with Crippen molar-refractivity contribution < 1.29 is 14.3 Å². The van der Waals surface area contributed by atoms with Crippen LogP contribution in [-0.2, 0) is 16.0 Å². The third-order valence-electron chi connectivity index (χ3n) is 6.18. The van der Waals surface area contributed by atoms with Crippen LogP contribution in [0.4, 0.5) is 5.69 Å². The van der Waals surface area contributed by atoms with Crippen LogP contribution in [0.1, 0.15) is 37.2 Å². The molecule has 1 aliphatic rings. The maximum absolute atomic E-state index is 12.1. The SMILES string of the molecule is CC(C)C(=O)Nc1ccc(-c2ccnc(Cc3cccc(OCCCN4CCOCC4)c3)n2)cc1C#N. The molecule has 0 saturated carbocycles. The molecule has 2 heterocycles. The average Bonchev–Trinajstić information content (AvgIpc) is 2.92. The zero-order chi connectivity index (χ0) is 26.0. The third-order valence-corrected chi connectivity index (χ3v) is 6.18. The molecule has 0 radical (unpaired) electrons. The Morgan fingerprint density at radius 3 is 2.81 bits per heavy atom. The van der Waals surface area contributed by atoms with Crippen molar-refractivity contribution in [3.05, 3.63) is 71.7 Å². The van der Waals surface area contributed by atoms with Gasteiger partial charge in [-0.25, -0.2) is 9.97 Å². The molecule has 1 N–H and O–H groups in total. The molecule has 1 aliphatic heterocycles. The van der Waals surface area contributed by atoms with Crippen molar-refractivity contribution in [2.24, 2.45) is 5.92 Å². The fourth-order valence-corrected chi connectivity index (χ4v) is 4.06. The number of amides is 1. The second-order valence-corrected chi connectivity index (χ2v) is 9.35. The van der Waals surface area contributed by atoms with Gasteiger partial charge in [-0.15, -0.1) is 0 Å². The van der Waals surface area contributed by atoms with E-state index >= 15 is 0 Å². The van der Waals surface area contributed by atoms with Crippen LogP contribution in [-0.4, -0.2) is 60.2 Å². The fourth-order valence-electron chi connectivity index (χ4n) is 4.06. The van der Waals surface area contributed by atoms with Crippen molar-refractivity contribution in [3.63, 3.8) is 0 Å². The number of aromatic nitrogens is 2. The van der Waals surface area contributed by atoms with Gasteiger partial charge in [0.1, 0.15) is 17.6 Å². The van der Waals surface area contributed by atoms with Gasteiger partial charge in [0.25, 0.3) is 0 Å². The summed E-state index contributed by atoms with van der Waals surface area (Å²) in [5.41, 5.74) is 3.47. The lowest BCUT2D eigenvalue weighted by Gasteiger charge is -2.26. The van der Waals surface area contributed by atoms with Gasteiger partial charge in [0.15, 0.2) is 0 Å². The topological polar surface area (TPSA) is 100 Å².